The summed E-state index contributed by atoms with van der Waals surface area (Å²) in [6.07, 6.45) is 17.6. The Morgan fingerprint density at radius 2 is 0.833 bits per heavy atom. The van der Waals surface area contributed by atoms with E-state index in [9.17, 15) is 0 Å². The van der Waals surface area contributed by atoms with E-state index in [-0.39, 0.29) is 5.41 Å². The molecule has 0 aliphatic heterocycles. The molecular formula is C48H50. The number of benzene rings is 4. The Morgan fingerprint density at radius 3 is 1.29 bits per heavy atom. The highest BCUT2D eigenvalue weighted by molar-refractivity contribution is 5.95. The Morgan fingerprint density at radius 1 is 0.438 bits per heavy atom. The summed E-state index contributed by atoms with van der Waals surface area (Å²) in [5.41, 5.74) is 17.6. The predicted molar refractivity (Wildman–Crippen MR) is 197 cm³/mol. The van der Waals surface area contributed by atoms with Gasteiger partial charge in [0.15, 0.2) is 0 Å². The summed E-state index contributed by atoms with van der Waals surface area (Å²) in [6, 6.07) is 33.2. The van der Waals surface area contributed by atoms with Gasteiger partial charge in [0.05, 0.1) is 5.41 Å². The molecule has 10 aliphatic carbocycles. The van der Waals surface area contributed by atoms with E-state index in [0.717, 1.165) is 35.5 Å². The van der Waals surface area contributed by atoms with E-state index in [2.05, 4.69) is 92.7 Å². The fourth-order valence-electron chi connectivity index (χ4n) is 15.1. The second-order valence-electron chi connectivity index (χ2n) is 19.2. The van der Waals surface area contributed by atoms with Crippen molar-refractivity contribution in [3.63, 3.8) is 0 Å². The molecule has 0 amide bonds. The summed E-state index contributed by atoms with van der Waals surface area (Å²) in [4.78, 5) is 0. The molecule has 0 heteroatoms. The lowest BCUT2D eigenvalue weighted by molar-refractivity contribution is -0.00530. The minimum absolute atomic E-state index is 0.238. The molecule has 4 aromatic rings. The largest absolute Gasteiger partial charge is 0.0725 e. The van der Waals surface area contributed by atoms with Crippen LogP contribution in [0, 0.1) is 35.5 Å². The molecule has 1 spiro atoms. The summed E-state index contributed by atoms with van der Waals surface area (Å²) in [7, 11) is 0. The molecule has 0 saturated heterocycles. The first-order valence-corrected chi connectivity index (χ1v) is 20.0. The highest BCUT2D eigenvalue weighted by Crippen LogP contribution is 2.67. The topological polar surface area (TPSA) is 0 Å². The lowest BCUT2D eigenvalue weighted by Gasteiger charge is -2.57. The normalized spacial score (nSPS) is 38.5. The third-order valence-electron chi connectivity index (χ3n) is 16.2. The summed E-state index contributed by atoms with van der Waals surface area (Å²) in [6.45, 7) is 4.76. The van der Waals surface area contributed by atoms with Crippen molar-refractivity contribution in [1.29, 1.82) is 0 Å². The Bertz CT molecular complexity index is 1870. The van der Waals surface area contributed by atoms with Gasteiger partial charge in [0.25, 0.3) is 0 Å². The molecule has 8 bridgehead atoms. The van der Waals surface area contributed by atoms with Crippen molar-refractivity contribution in [3.05, 3.63) is 118 Å². The van der Waals surface area contributed by atoms with Crippen LogP contribution in [0.4, 0.5) is 0 Å². The molecule has 0 unspecified atom stereocenters. The van der Waals surface area contributed by atoms with E-state index in [1.54, 1.807) is 27.8 Å². The van der Waals surface area contributed by atoms with Gasteiger partial charge in [-0.25, -0.2) is 0 Å². The van der Waals surface area contributed by atoms with Gasteiger partial charge in [0, 0.05) is 0 Å². The first-order chi connectivity index (χ1) is 23.4. The maximum Gasteiger partial charge on any atom is 0.0725 e. The van der Waals surface area contributed by atoms with E-state index in [0.29, 0.717) is 16.7 Å². The van der Waals surface area contributed by atoms with Gasteiger partial charge in [-0.05, 0) is 191 Å². The zero-order valence-electron chi connectivity index (χ0n) is 29.0. The molecule has 14 rings (SSSR count). The fourth-order valence-corrected chi connectivity index (χ4v) is 15.1. The zero-order chi connectivity index (χ0) is 31.6. The van der Waals surface area contributed by atoms with Crippen molar-refractivity contribution in [2.75, 3.05) is 0 Å². The van der Waals surface area contributed by atoms with Crippen molar-refractivity contribution in [2.24, 2.45) is 35.5 Å². The van der Waals surface area contributed by atoms with Crippen molar-refractivity contribution >= 4 is 0 Å². The molecule has 0 nitrogen and oxygen atoms in total. The van der Waals surface area contributed by atoms with Gasteiger partial charge in [-0.2, -0.15) is 0 Å². The summed E-state index contributed by atoms with van der Waals surface area (Å²) < 4.78 is 0. The number of hydrogen-bond donors (Lipinski definition) is 0. The Hall–Kier alpha value is -3.12. The molecule has 8 saturated carbocycles. The van der Waals surface area contributed by atoms with Gasteiger partial charge < -0.3 is 0 Å². The van der Waals surface area contributed by atoms with Crippen LogP contribution in [0.1, 0.15) is 136 Å². The first kappa shape index (κ1) is 27.7. The van der Waals surface area contributed by atoms with Crippen LogP contribution in [0.5, 0.6) is 0 Å². The third-order valence-corrected chi connectivity index (χ3v) is 16.2. The highest BCUT2D eigenvalue weighted by Gasteiger charge is 2.56. The highest BCUT2D eigenvalue weighted by atomic mass is 14.6. The van der Waals surface area contributed by atoms with Crippen molar-refractivity contribution < 1.29 is 0 Å². The maximum absolute atomic E-state index is 2.81. The van der Waals surface area contributed by atoms with Gasteiger partial charge in [-0.3, -0.25) is 0 Å². The second-order valence-corrected chi connectivity index (χ2v) is 19.2. The van der Waals surface area contributed by atoms with Crippen molar-refractivity contribution in [1.82, 2.24) is 0 Å². The average molecular weight is 627 g/mol. The van der Waals surface area contributed by atoms with Crippen LogP contribution in [0.25, 0.3) is 22.3 Å². The fraction of sp³-hybridized carbons (Fsp3) is 0.500. The SMILES string of the molecule is CC(C)c1ccc2c(c1)C1(c3ccccc3-2)c2cc(C34CC5CC(CC(C5)C3)C4)ccc2-c2ccc(C34CC5CC(CC(C5)C3)C4)cc21. The average Bonchev–Trinajstić information content (AvgIpc) is 3.53. The Balaban J connectivity index is 1.13. The van der Waals surface area contributed by atoms with E-state index in [4.69, 9.17) is 0 Å². The monoisotopic (exact) mass is 626 g/mol. The van der Waals surface area contributed by atoms with Gasteiger partial charge in [0.1, 0.15) is 0 Å². The Labute approximate surface area is 287 Å². The standard InChI is InChI=1S/C48H50/c1-28(2)35-7-10-39-38-5-3-4-6-42(38)48(43(39)19-35)44-20-36(46-22-29-13-30(23-46)15-31(14-29)24-46)8-11-40(44)41-12-9-37(21-45(41)48)47-25-32-16-33(26-47)18-34(17-32)27-47/h3-12,19-21,28-34H,13-18,22-27H2,1-2H3. The van der Waals surface area contributed by atoms with E-state index in [1.165, 1.54) is 110 Å². The lowest BCUT2D eigenvalue weighted by atomic mass is 9.48. The minimum atomic E-state index is -0.238. The molecular weight excluding hydrogens is 577 g/mol. The van der Waals surface area contributed by atoms with Crippen LogP contribution in [-0.4, -0.2) is 0 Å². The van der Waals surface area contributed by atoms with Gasteiger partial charge >= 0.3 is 0 Å². The number of hydrogen-bond acceptors (Lipinski definition) is 0. The summed E-state index contributed by atoms with van der Waals surface area (Å²) >= 11 is 0. The van der Waals surface area contributed by atoms with E-state index >= 15 is 0 Å². The molecule has 4 aromatic carbocycles. The zero-order valence-corrected chi connectivity index (χ0v) is 29.0. The van der Waals surface area contributed by atoms with Crippen LogP contribution in [0.15, 0.2) is 78.9 Å². The quantitative estimate of drug-likeness (QED) is 0.183. The van der Waals surface area contributed by atoms with Crippen molar-refractivity contribution in [2.45, 2.75) is 113 Å². The first-order valence-electron chi connectivity index (χ1n) is 20.0. The minimum Gasteiger partial charge on any atom is -0.0619 e. The van der Waals surface area contributed by atoms with Gasteiger partial charge in [-0.15, -0.1) is 0 Å². The smallest absolute Gasteiger partial charge is 0.0619 e. The molecule has 0 radical (unpaired) electrons. The molecule has 10 aliphatic rings. The number of rotatable bonds is 3. The Kier molecular flexibility index (Phi) is 5.28. The second kappa shape index (κ2) is 9.15. The van der Waals surface area contributed by atoms with E-state index in [1.807, 2.05) is 0 Å². The molecule has 0 aromatic heterocycles. The molecule has 0 heterocycles. The lowest BCUT2D eigenvalue weighted by Crippen LogP contribution is -2.48. The predicted octanol–water partition coefficient (Wildman–Crippen LogP) is 12.1. The number of fused-ring (bicyclic) bond motifs is 10. The van der Waals surface area contributed by atoms with Crippen LogP contribution in [-0.2, 0) is 16.2 Å². The van der Waals surface area contributed by atoms with Crippen molar-refractivity contribution in [3.8, 4) is 22.3 Å². The molecule has 8 fully saturated rings. The maximum atomic E-state index is 2.81. The molecule has 0 atom stereocenters. The van der Waals surface area contributed by atoms with Crippen LogP contribution >= 0.6 is 0 Å². The van der Waals surface area contributed by atoms with E-state index < -0.39 is 0 Å². The third kappa shape index (κ3) is 3.39. The van der Waals surface area contributed by atoms with Crippen LogP contribution in [0.3, 0.4) is 0 Å². The van der Waals surface area contributed by atoms with Crippen LogP contribution in [0.2, 0.25) is 0 Å². The van der Waals surface area contributed by atoms with Gasteiger partial charge in [0.2, 0.25) is 0 Å². The van der Waals surface area contributed by atoms with Gasteiger partial charge in [-0.1, -0.05) is 92.7 Å². The van der Waals surface area contributed by atoms with Crippen LogP contribution < -0.4 is 0 Å². The summed E-state index contributed by atoms with van der Waals surface area (Å²) in [5, 5.41) is 0. The molecule has 48 heavy (non-hydrogen) atoms. The summed E-state index contributed by atoms with van der Waals surface area (Å²) in [5.74, 6) is 6.26. The molecule has 0 N–H and O–H groups in total. The molecule has 242 valence electrons.